The molecule has 112 valence electrons. The second-order valence-electron chi connectivity index (χ2n) is 5.98. The fourth-order valence-corrected chi connectivity index (χ4v) is 1.98. The van der Waals surface area contributed by atoms with Gasteiger partial charge in [0.1, 0.15) is 11.6 Å². The number of hydrogen-bond acceptors (Lipinski definition) is 3. The average Bonchev–Trinajstić information content (AvgIpc) is 2.80. The summed E-state index contributed by atoms with van der Waals surface area (Å²) >= 11 is 0. The second kappa shape index (κ2) is 5.60. The van der Waals surface area contributed by atoms with Crippen LogP contribution in [0.4, 0.5) is 0 Å². The molecule has 0 saturated carbocycles. The van der Waals surface area contributed by atoms with Gasteiger partial charge in [0.25, 0.3) is 5.91 Å². The SMILES string of the molecule is C[C@H](NC(=O)c1c[nH]c2ccccc12)C(=O)OC(C)(C)C. The van der Waals surface area contributed by atoms with Crippen molar-refractivity contribution in [1.82, 2.24) is 10.3 Å². The smallest absolute Gasteiger partial charge is 0.328 e. The van der Waals surface area contributed by atoms with Crippen LogP contribution in [0.5, 0.6) is 0 Å². The van der Waals surface area contributed by atoms with Crippen LogP contribution in [0, 0.1) is 0 Å². The lowest BCUT2D eigenvalue weighted by atomic mass is 10.1. The Labute approximate surface area is 123 Å². The summed E-state index contributed by atoms with van der Waals surface area (Å²) in [6.45, 7) is 6.98. The van der Waals surface area contributed by atoms with Gasteiger partial charge in [-0.1, -0.05) is 18.2 Å². The average molecular weight is 288 g/mol. The summed E-state index contributed by atoms with van der Waals surface area (Å²) in [5.41, 5.74) is 0.824. The van der Waals surface area contributed by atoms with Gasteiger partial charge in [0.05, 0.1) is 5.56 Å². The number of aromatic amines is 1. The number of ether oxygens (including phenoxy) is 1. The number of carbonyl (C=O) groups excluding carboxylic acids is 2. The van der Waals surface area contributed by atoms with Gasteiger partial charge in [0.2, 0.25) is 0 Å². The van der Waals surface area contributed by atoms with E-state index in [4.69, 9.17) is 4.74 Å². The number of para-hydroxylation sites is 1. The third-order valence-electron chi connectivity index (χ3n) is 2.94. The molecular formula is C16H20N2O3. The van der Waals surface area contributed by atoms with Crippen molar-refractivity contribution in [3.8, 4) is 0 Å². The molecule has 1 heterocycles. The first-order valence-corrected chi connectivity index (χ1v) is 6.88. The van der Waals surface area contributed by atoms with E-state index in [1.54, 1.807) is 33.9 Å². The minimum Gasteiger partial charge on any atom is -0.458 e. The van der Waals surface area contributed by atoms with Gasteiger partial charge >= 0.3 is 5.97 Å². The van der Waals surface area contributed by atoms with Crippen molar-refractivity contribution in [1.29, 1.82) is 0 Å². The molecule has 2 N–H and O–H groups in total. The van der Waals surface area contributed by atoms with Gasteiger partial charge in [-0.05, 0) is 33.8 Å². The Morgan fingerprint density at radius 3 is 2.57 bits per heavy atom. The van der Waals surface area contributed by atoms with Gasteiger partial charge in [0, 0.05) is 17.1 Å². The van der Waals surface area contributed by atoms with E-state index < -0.39 is 17.6 Å². The largest absolute Gasteiger partial charge is 0.458 e. The van der Waals surface area contributed by atoms with Crippen molar-refractivity contribution in [2.45, 2.75) is 39.3 Å². The lowest BCUT2D eigenvalue weighted by Gasteiger charge is -2.22. The summed E-state index contributed by atoms with van der Waals surface area (Å²) in [7, 11) is 0. The molecule has 1 aromatic heterocycles. The zero-order chi connectivity index (χ0) is 15.6. The first-order chi connectivity index (χ1) is 9.78. The van der Waals surface area contributed by atoms with Crippen LogP contribution in [-0.4, -0.2) is 28.5 Å². The Hall–Kier alpha value is -2.30. The molecule has 0 saturated heterocycles. The molecule has 2 rings (SSSR count). The summed E-state index contributed by atoms with van der Waals surface area (Å²) in [6.07, 6.45) is 1.64. The van der Waals surface area contributed by atoms with Crippen LogP contribution in [0.25, 0.3) is 10.9 Å². The van der Waals surface area contributed by atoms with E-state index in [2.05, 4.69) is 10.3 Å². The van der Waals surface area contributed by atoms with Crippen molar-refractivity contribution in [2.24, 2.45) is 0 Å². The molecule has 0 unspecified atom stereocenters. The van der Waals surface area contributed by atoms with E-state index in [9.17, 15) is 9.59 Å². The Morgan fingerprint density at radius 2 is 1.90 bits per heavy atom. The molecule has 1 amide bonds. The quantitative estimate of drug-likeness (QED) is 0.853. The molecule has 0 aliphatic rings. The lowest BCUT2D eigenvalue weighted by Crippen LogP contribution is -2.42. The number of benzene rings is 1. The first-order valence-electron chi connectivity index (χ1n) is 6.88. The molecule has 0 spiro atoms. The van der Waals surface area contributed by atoms with Crippen LogP contribution in [0.3, 0.4) is 0 Å². The Kier molecular flexibility index (Phi) is 4.02. The molecule has 5 heteroatoms. The van der Waals surface area contributed by atoms with Crippen LogP contribution >= 0.6 is 0 Å². The third-order valence-corrected chi connectivity index (χ3v) is 2.94. The molecule has 2 aromatic rings. The standard InChI is InChI=1S/C16H20N2O3/c1-10(15(20)21-16(2,3)4)18-14(19)12-9-17-13-8-6-5-7-11(12)13/h5-10,17H,1-4H3,(H,18,19)/t10-/m0/s1. The number of hydrogen-bond donors (Lipinski definition) is 2. The predicted octanol–water partition coefficient (Wildman–Crippen LogP) is 2.63. The zero-order valence-electron chi connectivity index (χ0n) is 12.7. The van der Waals surface area contributed by atoms with Gasteiger partial charge in [-0.25, -0.2) is 4.79 Å². The van der Waals surface area contributed by atoms with Crippen LogP contribution < -0.4 is 5.32 Å². The molecule has 0 bridgehead atoms. The highest BCUT2D eigenvalue weighted by Gasteiger charge is 2.24. The molecular weight excluding hydrogens is 268 g/mol. The molecule has 1 aromatic carbocycles. The highest BCUT2D eigenvalue weighted by atomic mass is 16.6. The van der Waals surface area contributed by atoms with Crippen LogP contribution in [0.15, 0.2) is 30.5 Å². The molecule has 1 atom stereocenters. The van der Waals surface area contributed by atoms with Crippen molar-refractivity contribution >= 4 is 22.8 Å². The lowest BCUT2D eigenvalue weighted by molar-refractivity contribution is -0.156. The number of H-pyrrole nitrogens is 1. The van der Waals surface area contributed by atoms with Crippen LogP contribution in [0.1, 0.15) is 38.1 Å². The second-order valence-corrected chi connectivity index (χ2v) is 5.98. The van der Waals surface area contributed by atoms with Crippen molar-refractivity contribution < 1.29 is 14.3 Å². The molecule has 0 aliphatic heterocycles. The van der Waals surface area contributed by atoms with Crippen LogP contribution in [0.2, 0.25) is 0 Å². The van der Waals surface area contributed by atoms with Crippen molar-refractivity contribution in [3.63, 3.8) is 0 Å². The van der Waals surface area contributed by atoms with E-state index in [-0.39, 0.29) is 5.91 Å². The minimum atomic E-state index is -0.703. The van der Waals surface area contributed by atoms with Gasteiger partial charge in [0.15, 0.2) is 0 Å². The maximum atomic E-state index is 12.3. The van der Waals surface area contributed by atoms with Gasteiger partial charge < -0.3 is 15.0 Å². The van der Waals surface area contributed by atoms with Gasteiger partial charge in [-0.3, -0.25) is 4.79 Å². The summed E-state index contributed by atoms with van der Waals surface area (Å²) in [4.78, 5) is 27.2. The van der Waals surface area contributed by atoms with Crippen molar-refractivity contribution in [2.75, 3.05) is 0 Å². The van der Waals surface area contributed by atoms with E-state index in [1.807, 2.05) is 24.3 Å². The maximum Gasteiger partial charge on any atom is 0.328 e. The number of carbonyl (C=O) groups is 2. The fourth-order valence-electron chi connectivity index (χ4n) is 1.98. The summed E-state index contributed by atoms with van der Waals surface area (Å²) in [6, 6.07) is 6.81. The Bertz CT molecular complexity index is 667. The summed E-state index contributed by atoms with van der Waals surface area (Å²) in [5, 5.41) is 3.49. The monoisotopic (exact) mass is 288 g/mol. The van der Waals surface area contributed by atoms with Crippen molar-refractivity contribution in [3.05, 3.63) is 36.0 Å². The molecule has 21 heavy (non-hydrogen) atoms. The van der Waals surface area contributed by atoms with Crippen LogP contribution in [-0.2, 0) is 9.53 Å². The normalized spacial score (nSPS) is 13.0. The highest BCUT2D eigenvalue weighted by molar-refractivity contribution is 6.07. The van der Waals surface area contributed by atoms with Gasteiger partial charge in [-0.2, -0.15) is 0 Å². The molecule has 0 radical (unpaired) electrons. The fraction of sp³-hybridized carbons (Fsp3) is 0.375. The number of amides is 1. The number of fused-ring (bicyclic) bond motifs is 1. The van der Waals surface area contributed by atoms with E-state index in [0.717, 1.165) is 10.9 Å². The number of esters is 1. The number of aromatic nitrogens is 1. The van der Waals surface area contributed by atoms with E-state index in [0.29, 0.717) is 5.56 Å². The van der Waals surface area contributed by atoms with E-state index in [1.165, 1.54) is 0 Å². The minimum absolute atomic E-state index is 0.300. The summed E-state index contributed by atoms with van der Waals surface area (Å²) in [5.74, 6) is -0.749. The molecule has 0 fully saturated rings. The van der Waals surface area contributed by atoms with Gasteiger partial charge in [-0.15, -0.1) is 0 Å². The molecule has 5 nitrogen and oxygen atoms in total. The number of nitrogens with one attached hydrogen (secondary N) is 2. The summed E-state index contributed by atoms with van der Waals surface area (Å²) < 4.78 is 5.24. The number of rotatable bonds is 3. The Balaban J connectivity index is 2.09. The zero-order valence-corrected chi connectivity index (χ0v) is 12.7. The Morgan fingerprint density at radius 1 is 1.24 bits per heavy atom. The third kappa shape index (κ3) is 3.62. The van der Waals surface area contributed by atoms with E-state index >= 15 is 0 Å². The predicted molar refractivity (Wildman–Crippen MR) is 81.1 cm³/mol. The molecule has 0 aliphatic carbocycles. The first kappa shape index (κ1) is 15.1. The highest BCUT2D eigenvalue weighted by Crippen LogP contribution is 2.17. The topological polar surface area (TPSA) is 71.2 Å². The maximum absolute atomic E-state index is 12.3.